The molecule has 0 saturated heterocycles. The summed E-state index contributed by atoms with van der Waals surface area (Å²) in [5.41, 5.74) is 0.691. The second-order valence-corrected chi connectivity index (χ2v) is 10.3. The number of carbonyl (C=O) groups excluding carboxylic acids is 1. The van der Waals surface area contributed by atoms with Gasteiger partial charge in [0.15, 0.2) is 6.10 Å². The average Bonchev–Trinajstić information content (AvgIpc) is 2.82. The molecule has 1 atom stereocenters. The summed E-state index contributed by atoms with van der Waals surface area (Å²) in [4.78, 5) is 12.9. The van der Waals surface area contributed by atoms with E-state index in [4.69, 9.17) is 27.9 Å². The van der Waals surface area contributed by atoms with Crippen molar-refractivity contribution in [1.82, 2.24) is 0 Å². The summed E-state index contributed by atoms with van der Waals surface area (Å²) in [7, 11) is -3.88. The molecule has 0 saturated carbocycles. The molecule has 4 aromatic carbocycles. The standard InChI is InChI=1S/C26H22Cl2N2O4S/c1-2-24(34-25-9-5-7-17-6-3-4-8-23(17)25)26(31)29-20-10-12-22(13-11-20)35(32,33)30-21-15-18(27)14-19(28)16-21/h3-16,24,30H,2H2,1H3,(H,29,31)/t24-/m1/s1. The van der Waals surface area contributed by atoms with Gasteiger partial charge in [-0.15, -0.1) is 0 Å². The third-order valence-corrected chi connectivity index (χ3v) is 7.06. The molecule has 0 heterocycles. The molecule has 9 heteroatoms. The Labute approximate surface area is 213 Å². The van der Waals surface area contributed by atoms with Crippen LogP contribution in [0.5, 0.6) is 5.75 Å². The molecule has 0 bridgehead atoms. The molecular weight excluding hydrogens is 507 g/mol. The van der Waals surface area contributed by atoms with Crippen LogP contribution >= 0.6 is 23.2 Å². The van der Waals surface area contributed by atoms with Crippen molar-refractivity contribution >= 4 is 61.3 Å². The van der Waals surface area contributed by atoms with E-state index in [9.17, 15) is 13.2 Å². The Bertz CT molecular complexity index is 1450. The number of hydrogen-bond donors (Lipinski definition) is 2. The first kappa shape index (κ1) is 24.9. The lowest BCUT2D eigenvalue weighted by molar-refractivity contribution is -0.122. The Hall–Kier alpha value is -3.26. The highest BCUT2D eigenvalue weighted by atomic mass is 35.5. The summed E-state index contributed by atoms with van der Waals surface area (Å²) >= 11 is 11.9. The smallest absolute Gasteiger partial charge is 0.265 e. The molecule has 6 nitrogen and oxygen atoms in total. The first-order chi connectivity index (χ1) is 16.7. The molecule has 0 aliphatic rings. The van der Waals surface area contributed by atoms with Crippen molar-refractivity contribution in [2.75, 3.05) is 10.0 Å². The molecule has 4 aromatic rings. The second kappa shape index (κ2) is 10.6. The minimum atomic E-state index is -3.88. The van der Waals surface area contributed by atoms with Crippen molar-refractivity contribution in [3.05, 3.63) is 95.0 Å². The maximum absolute atomic E-state index is 12.9. The Morgan fingerprint density at radius 3 is 2.23 bits per heavy atom. The van der Waals surface area contributed by atoms with Gasteiger partial charge in [-0.25, -0.2) is 8.42 Å². The number of rotatable bonds is 8. The first-order valence-corrected chi connectivity index (χ1v) is 13.0. The molecule has 1 amide bonds. The number of nitrogens with one attached hydrogen (secondary N) is 2. The number of fused-ring (bicyclic) bond motifs is 1. The molecule has 180 valence electrons. The predicted octanol–water partition coefficient (Wildman–Crippen LogP) is 6.74. The van der Waals surface area contributed by atoms with E-state index < -0.39 is 16.1 Å². The average molecular weight is 529 g/mol. The number of halogens is 2. The molecule has 0 radical (unpaired) electrons. The van der Waals surface area contributed by atoms with Crippen LogP contribution in [0, 0.1) is 0 Å². The molecule has 0 aliphatic heterocycles. The van der Waals surface area contributed by atoms with Crippen LogP contribution in [-0.4, -0.2) is 20.4 Å². The number of ether oxygens (including phenoxy) is 1. The van der Waals surface area contributed by atoms with E-state index >= 15 is 0 Å². The zero-order valence-electron chi connectivity index (χ0n) is 18.7. The fraction of sp³-hybridized carbons (Fsp3) is 0.115. The lowest BCUT2D eigenvalue weighted by Gasteiger charge is -2.18. The normalized spacial score (nSPS) is 12.2. The van der Waals surface area contributed by atoms with E-state index in [-0.39, 0.29) is 16.5 Å². The van der Waals surface area contributed by atoms with Crippen LogP contribution in [0.15, 0.2) is 89.8 Å². The fourth-order valence-corrected chi connectivity index (χ4v) is 5.11. The fourth-order valence-electron chi connectivity index (χ4n) is 3.54. The molecule has 4 rings (SSSR count). The highest BCUT2D eigenvalue weighted by Crippen LogP contribution is 2.27. The monoisotopic (exact) mass is 528 g/mol. The number of hydrogen-bond acceptors (Lipinski definition) is 4. The van der Waals surface area contributed by atoms with Crippen molar-refractivity contribution in [3.63, 3.8) is 0 Å². The Balaban J connectivity index is 1.45. The summed E-state index contributed by atoms with van der Waals surface area (Å²) in [5.74, 6) is 0.293. The largest absolute Gasteiger partial charge is 0.480 e. The van der Waals surface area contributed by atoms with Crippen LogP contribution in [0.2, 0.25) is 10.0 Å². The van der Waals surface area contributed by atoms with Gasteiger partial charge in [0.25, 0.3) is 15.9 Å². The third kappa shape index (κ3) is 6.06. The lowest BCUT2D eigenvalue weighted by Crippen LogP contribution is -2.32. The van der Waals surface area contributed by atoms with Crippen molar-refractivity contribution in [1.29, 1.82) is 0 Å². The van der Waals surface area contributed by atoms with Crippen molar-refractivity contribution < 1.29 is 17.9 Å². The molecule has 0 aliphatic carbocycles. The van der Waals surface area contributed by atoms with Crippen LogP contribution in [-0.2, 0) is 14.8 Å². The van der Waals surface area contributed by atoms with Crippen LogP contribution < -0.4 is 14.8 Å². The summed E-state index contributed by atoms with van der Waals surface area (Å²) < 4.78 is 33.9. The SMILES string of the molecule is CC[C@@H](Oc1cccc2ccccc12)C(=O)Nc1ccc(S(=O)(=O)Nc2cc(Cl)cc(Cl)c2)cc1. The van der Waals surface area contributed by atoms with E-state index in [0.29, 0.717) is 27.9 Å². The molecular formula is C26H22Cl2N2O4S. The van der Waals surface area contributed by atoms with Gasteiger partial charge in [0.1, 0.15) is 5.75 Å². The minimum absolute atomic E-state index is 0.0191. The van der Waals surface area contributed by atoms with E-state index in [1.54, 1.807) is 0 Å². The van der Waals surface area contributed by atoms with Crippen molar-refractivity contribution in [2.45, 2.75) is 24.3 Å². The molecule has 0 fully saturated rings. The summed E-state index contributed by atoms with van der Waals surface area (Å²) in [6.07, 6.45) is -0.272. The van der Waals surface area contributed by atoms with Crippen molar-refractivity contribution in [2.24, 2.45) is 0 Å². The summed E-state index contributed by atoms with van der Waals surface area (Å²) in [5, 5.41) is 5.35. The molecule has 2 N–H and O–H groups in total. The van der Waals surface area contributed by atoms with Gasteiger partial charge in [0.2, 0.25) is 0 Å². The van der Waals surface area contributed by atoms with Gasteiger partial charge in [-0.1, -0.05) is 66.5 Å². The topological polar surface area (TPSA) is 84.5 Å². The number of benzene rings is 4. The van der Waals surface area contributed by atoms with Crippen LogP contribution in [0.4, 0.5) is 11.4 Å². The predicted molar refractivity (Wildman–Crippen MR) is 141 cm³/mol. The van der Waals surface area contributed by atoms with Crippen LogP contribution in [0.25, 0.3) is 10.8 Å². The van der Waals surface area contributed by atoms with Gasteiger partial charge in [0, 0.05) is 21.1 Å². The molecule has 0 aromatic heterocycles. The number of amides is 1. The number of carbonyl (C=O) groups is 1. The lowest BCUT2D eigenvalue weighted by atomic mass is 10.1. The van der Waals surface area contributed by atoms with Gasteiger partial charge in [-0.2, -0.15) is 0 Å². The molecule has 35 heavy (non-hydrogen) atoms. The summed E-state index contributed by atoms with van der Waals surface area (Å²) in [6.45, 7) is 1.86. The molecule has 0 unspecified atom stereocenters. The van der Waals surface area contributed by atoms with Crippen LogP contribution in [0.3, 0.4) is 0 Å². The maximum atomic E-state index is 12.9. The third-order valence-electron chi connectivity index (χ3n) is 5.23. The quantitative estimate of drug-likeness (QED) is 0.265. The second-order valence-electron chi connectivity index (χ2n) is 7.77. The van der Waals surface area contributed by atoms with Crippen LogP contribution in [0.1, 0.15) is 13.3 Å². The van der Waals surface area contributed by atoms with Gasteiger partial charge >= 0.3 is 0 Å². The zero-order chi connectivity index (χ0) is 25.0. The zero-order valence-corrected chi connectivity index (χ0v) is 21.0. The van der Waals surface area contributed by atoms with E-state index in [2.05, 4.69) is 10.0 Å². The van der Waals surface area contributed by atoms with E-state index in [0.717, 1.165) is 10.8 Å². The minimum Gasteiger partial charge on any atom is -0.480 e. The van der Waals surface area contributed by atoms with Gasteiger partial charge in [-0.05, 0) is 60.3 Å². The highest BCUT2D eigenvalue weighted by molar-refractivity contribution is 7.92. The number of sulfonamides is 1. The highest BCUT2D eigenvalue weighted by Gasteiger charge is 2.20. The maximum Gasteiger partial charge on any atom is 0.265 e. The number of anilines is 2. The first-order valence-electron chi connectivity index (χ1n) is 10.8. The molecule has 0 spiro atoms. The van der Waals surface area contributed by atoms with Crippen molar-refractivity contribution in [3.8, 4) is 5.75 Å². The van der Waals surface area contributed by atoms with Gasteiger partial charge < -0.3 is 10.1 Å². The Kier molecular flexibility index (Phi) is 7.50. The van der Waals surface area contributed by atoms with E-state index in [1.165, 1.54) is 42.5 Å². The van der Waals surface area contributed by atoms with Gasteiger partial charge in [0.05, 0.1) is 10.6 Å². The van der Waals surface area contributed by atoms with E-state index in [1.807, 2.05) is 49.4 Å². The summed E-state index contributed by atoms with van der Waals surface area (Å²) in [6, 6.07) is 23.7. The Morgan fingerprint density at radius 2 is 1.54 bits per heavy atom. The Morgan fingerprint density at radius 1 is 0.886 bits per heavy atom. The van der Waals surface area contributed by atoms with Gasteiger partial charge in [-0.3, -0.25) is 9.52 Å².